The Hall–Kier alpha value is -3.50. The minimum absolute atomic E-state index is 0.0767. The second-order valence-electron chi connectivity index (χ2n) is 8.46. The molecule has 1 N–H and O–H groups in total. The van der Waals surface area contributed by atoms with E-state index in [2.05, 4.69) is 0 Å². The first kappa shape index (κ1) is 22.3. The van der Waals surface area contributed by atoms with E-state index in [-0.39, 0.29) is 40.7 Å². The van der Waals surface area contributed by atoms with Gasteiger partial charge >= 0.3 is 0 Å². The van der Waals surface area contributed by atoms with E-state index in [1.54, 1.807) is 30.3 Å². The highest BCUT2D eigenvalue weighted by Gasteiger charge is 2.47. The highest BCUT2D eigenvalue weighted by atomic mass is 32.2. The first-order chi connectivity index (χ1) is 16.3. The van der Waals surface area contributed by atoms with Crippen LogP contribution < -0.4 is 9.64 Å². The third-order valence-electron chi connectivity index (χ3n) is 6.33. The molecule has 5 rings (SSSR count). The SMILES string of the molecule is O=C1[C@H]2CC=CC[C@H]2C(=O)N1c1ccc(OC[C@@H](O)CN2C(=O)c3ccccc3S2(=O)=O)cc1. The number of carbonyl (C=O) groups excluding carboxylic acids is 3. The summed E-state index contributed by atoms with van der Waals surface area (Å²) in [5, 5.41) is 10.3. The summed E-state index contributed by atoms with van der Waals surface area (Å²) in [6.07, 6.45) is 3.72. The lowest BCUT2D eigenvalue weighted by Crippen LogP contribution is -2.39. The van der Waals surface area contributed by atoms with Crippen molar-refractivity contribution in [3.8, 4) is 5.75 Å². The molecule has 0 unspecified atom stereocenters. The standard InChI is InChI=1S/C24H22N2O7S/c27-16(13-25-22(28)20-7-3-4-8-21(20)34(25,31)32)14-33-17-11-9-15(10-12-17)26-23(29)18-5-1-2-6-19(18)24(26)30/h1-4,7-12,16,18-19,27H,5-6,13-14H2/t16-,18-,19+/m0/s1. The van der Waals surface area contributed by atoms with Crippen LogP contribution in [-0.2, 0) is 19.6 Å². The Balaban J connectivity index is 1.21. The predicted molar refractivity (Wildman–Crippen MR) is 120 cm³/mol. The lowest BCUT2D eigenvalue weighted by atomic mass is 9.85. The van der Waals surface area contributed by atoms with Crippen LogP contribution in [0.4, 0.5) is 5.69 Å². The van der Waals surface area contributed by atoms with Crippen LogP contribution in [0.3, 0.4) is 0 Å². The summed E-state index contributed by atoms with van der Waals surface area (Å²) < 4.78 is 31.4. The molecule has 3 aliphatic rings. The van der Waals surface area contributed by atoms with Crippen molar-refractivity contribution in [3.63, 3.8) is 0 Å². The normalized spacial score (nSPS) is 23.7. The number of sulfonamides is 1. The first-order valence-electron chi connectivity index (χ1n) is 10.9. The van der Waals surface area contributed by atoms with Gasteiger partial charge in [0.15, 0.2) is 0 Å². The Kier molecular flexibility index (Phi) is 5.49. The average Bonchev–Trinajstić information content (AvgIpc) is 3.21. The number of carbonyl (C=O) groups is 3. The zero-order valence-electron chi connectivity index (χ0n) is 18.0. The lowest BCUT2D eigenvalue weighted by Gasteiger charge is -2.20. The van der Waals surface area contributed by atoms with Gasteiger partial charge in [-0.3, -0.25) is 19.3 Å². The number of benzene rings is 2. The summed E-state index contributed by atoms with van der Waals surface area (Å²) in [7, 11) is -4.01. The molecule has 0 aromatic heterocycles. The highest BCUT2D eigenvalue weighted by Crippen LogP contribution is 2.38. The lowest BCUT2D eigenvalue weighted by molar-refractivity contribution is -0.122. The van der Waals surface area contributed by atoms with Crippen molar-refractivity contribution in [2.75, 3.05) is 18.1 Å². The number of amides is 3. The fourth-order valence-corrected chi connectivity index (χ4v) is 6.20. The van der Waals surface area contributed by atoms with Gasteiger partial charge in [-0.2, -0.15) is 0 Å². The minimum atomic E-state index is -4.01. The van der Waals surface area contributed by atoms with Crippen molar-refractivity contribution in [2.45, 2.75) is 23.8 Å². The van der Waals surface area contributed by atoms with Gasteiger partial charge < -0.3 is 9.84 Å². The van der Waals surface area contributed by atoms with E-state index in [1.165, 1.54) is 23.1 Å². The largest absolute Gasteiger partial charge is 0.491 e. The predicted octanol–water partition coefficient (Wildman–Crippen LogP) is 1.73. The van der Waals surface area contributed by atoms with Gasteiger partial charge in [-0.15, -0.1) is 0 Å². The third-order valence-corrected chi connectivity index (χ3v) is 8.14. The summed E-state index contributed by atoms with van der Waals surface area (Å²) in [4.78, 5) is 39.0. The van der Waals surface area contributed by atoms with E-state index in [0.29, 0.717) is 28.6 Å². The maximum absolute atomic E-state index is 12.7. The van der Waals surface area contributed by atoms with Crippen LogP contribution in [0.2, 0.25) is 0 Å². The number of nitrogens with zero attached hydrogens (tertiary/aromatic N) is 2. The molecule has 0 radical (unpaired) electrons. The molecule has 176 valence electrons. The number of rotatable bonds is 6. The molecule has 0 bridgehead atoms. The average molecular weight is 483 g/mol. The topological polar surface area (TPSA) is 121 Å². The van der Waals surface area contributed by atoms with Crippen molar-refractivity contribution in [1.82, 2.24) is 4.31 Å². The van der Waals surface area contributed by atoms with Gasteiger partial charge in [0, 0.05) is 0 Å². The number of hydrogen-bond acceptors (Lipinski definition) is 7. The van der Waals surface area contributed by atoms with Crippen LogP contribution in [0, 0.1) is 11.8 Å². The number of anilines is 1. The number of aliphatic hydroxyl groups is 1. The van der Waals surface area contributed by atoms with Gasteiger partial charge in [-0.05, 0) is 49.2 Å². The van der Waals surface area contributed by atoms with Crippen molar-refractivity contribution >= 4 is 33.4 Å². The van der Waals surface area contributed by atoms with Gasteiger partial charge in [0.05, 0.1) is 29.6 Å². The first-order valence-corrected chi connectivity index (χ1v) is 12.3. The molecule has 2 aliphatic heterocycles. The molecule has 2 aromatic carbocycles. The smallest absolute Gasteiger partial charge is 0.269 e. The molecule has 1 aliphatic carbocycles. The van der Waals surface area contributed by atoms with E-state index in [4.69, 9.17) is 4.74 Å². The van der Waals surface area contributed by atoms with Crippen molar-refractivity contribution in [2.24, 2.45) is 11.8 Å². The molecular formula is C24H22N2O7S. The maximum Gasteiger partial charge on any atom is 0.269 e. The molecule has 10 heteroatoms. The van der Waals surface area contributed by atoms with Crippen molar-refractivity contribution in [1.29, 1.82) is 0 Å². The van der Waals surface area contributed by atoms with Crippen molar-refractivity contribution < 1.29 is 32.6 Å². The van der Waals surface area contributed by atoms with E-state index >= 15 is 0 Å². The van der Waals surface area contributed by atoms with Gasteiger partial charge in [-0.25, -0.2) is 12.7 Å². The zero-order valence-corrected chi connectivity index (χ0v) is 18.8. The van der Waals surface area contributed by atoms with Crippen LogP contribution in [0.25, 0.3) is 0 Å². The van der Waals surface area contributed by atoms with E-state index in [9.17, 15) is 27.9 Å². The molecular weight excluding hydrogens is 460 g/mol. The Labute approximate surface area is 196 Å². The third kappa shape index (κ3) is 3.59. The van der Waals surface area contributed by atoms with Crippen LogP contribution in [0.5, 0.6) is 5.75 Å². The van der Waals surface area contributed by atoms with E-state index < -0.39 is 28.6 Å². The number of imide groups is 1. The molecule has 9 nitrogen and oxygen atoms in total. The molecule has 1 saturated heterocycles. The maximum atomic E-state index is 12.7. The van der Waals surface area contributed by atoms with Gasteiger partial charge in [0.25, 0.3) is 15.9 Å². The minimum Gasteiger partial charge on any atom is -0.491 e. The summed E-state index contributed by atoms with van der Waals surface area (Å²) in [5.74, 6) is -1.38. The van der Waals surface area contributed by atoms with Gasteiger partial charge in [0.1, 0.15) is 23.4 Å². The van der Waals surface area contributed by atoms with E-state index in [0.717, 1.165) is 0 Å². The van der Waals surface area contributed by atoms with E-state index in [1.807, 2.05) is 12.2 Å². The summed E-state index contributed by atoms with van der Waals surface area (Å²) in [6, 6.07) is 12.2. The van der Waals surface area contributed by atoms with Crippen LogP contribution >= 0.6 is 0 Å². The van der Waals surface area contributed by atoms with Gasteiger partial charge in [0.2, 0.25) is 11.8 Å². The number of fused-ring (bicyclic) bond motifs is 2. The number of allylic oxidation sites excluding steroid dienone is 2. The summed E-state index contributed by atoms with van der Waals surface area (Å²) in [6.45, 7) is -0.700. The van der Waals surface area contributed by atoms with Crippen molar-refractivity contribution in [3.05, 3.63) is 66.2 Å². The Morgan fingerprint density at radius 2 is 1.56 bits per heavy atom. The molecule has 2 heterocycles. The Morgan fingerprint density at radius 3 is 2.18 bits per heavy atom. The van der Waals surface area contributed by atoms with Crippen LogP contribution in [-0.4, -0.2) is 54.8 Å². The molecule has 3 atom stereocenters. The second-order valence-corrected chi connectivity index (χ2v) is 10.3. The van der Waals surface area contributed by atoms with Crippen LogP contribution in [0.1, 0.15) is 23.2 Å². The molecule has 34 heavy (non-hydrogen) atoms. The second kappa shape index (κ2) is 8.37. The Bertz CT molecular complexity index is 1280. The summed E-state index contributed by atoms with van der Waals surface area (Å²) >= 11 is 0. The molecule has 0 spiro atoms. The monoisotopic (exact) mass is 482 g/mol. The molecule has 0 saturated carbocycles. The fraction of sp³-hybridized carbons (Fsp3) is 0.292. The number of aliphatic hydroxyl groups excluding tert-OH is 1. The number of β-amino-alcohol motifs (C(OH)–C–C–N with tert-alkyl or cyclic N) is 1. The number of ether oxygens (including phenoxy) is 1. The fourth-order valence-electron chi connectivity index (χ4n) is 4.59. The highest BCUT2D eigenvalue weighted by molar-refractivity contribution is 7.90. The number of hydrogen-bond donors (Lipinski definition) is 1. The molecule has 2 aromatic rings. The molecule has 1 fully saturated rings. The quantitative estimate of drug-likeness (QED) is 0.492. The summed E-state index contributed by atoms with van der Waals surface area (Å²) in [5.41, 5.74) is 0.525. The molecule has 3 amide bonds. The van der Waals surface area contributed by atoms with Crippen LogP contribution in [0.15, 0.2) is 65.6 Å². The zero-order chi connectivity index (χ0) is 24.0. The van der Waals surface area contributed by atoms with Gasteiger partial charge in [-0.1, -0.05) is 24.3 Å². The Morgan fingerprint density at radius 1 is 0.941 bits per heavy atom.